The van der Waals surface area contributed by atoms with Crippen molar-refractivity contribution in [2.24, 2.45) is 0 Å². The summed E-state index contributed by atoms with van der Waals surface area (Å²) in [7, 11) is 1.58. The first-order valence-corrected chi connectivity index (χ1v) is 10.9. The highest BCUT2D eigenvalue weighted by Gasteiger charge is 2.20. The number of hydrogen-bond donors (Lipinski definition) is 3. The summed E-state index contributed by atoms with van der Waals surface area (Å²) in [5.74, 6) is 0.978. The lowest BCUT2D eigenvalue weighted by Crippen LogP contribution is -2.44. The Hall–Kier alpha value is -3.70. The summed E-state index contributed by atoms with van der Waals surface area (Å²) in [6.07, 6.45) is 3.32. The van der Waals surface area contributed by atoms with Crippen LogP contribution in [0.2, 0.25) is 0 Å². The maximum absolute atomic E-state index is 12.9. The average molecular weight is 452 g/mol. The third-order valence-corrected chi connectivity index (χ3v) is 6.13. The molecule has 164 valence electrons. The fraction of sp³-hybridized carbons (Fsp3) is 0.238. The van der Waals surface area contributed by atoms with Gasteiger partial charge in [0.1, 0.15) is 11.4 Å². The van der Waals surface area contributed by atoms with Gasteiger partial charge < -0.3 is 25.4 Å². The first-order chi connectivity index (χ1) is 15.6. The van der Waals surface area contributed by atoms with Crippen LogP contribution in [0.4, 0.5) is 11.5 Å². The van der Waals surface area contributed by atoms with Crippen molar-refractivity contribution in [3.8, 4) is 16.8 Å². The van der Waals surface area contributed by atoms with Crippen LogP contribution < -0.4 is 20.3 Å². The molecule has 0 saturated carbocycles. The van der Waals surface area contributed by atoms with Crippen LogP contribution in [0.25, 0.3) is 15.9 Å². The van der Waals surface area contributed by atoms with Gasteiger partial charge in [-0.1, -0.05) is 0 Å². The molecule has 0 spiro atoms. The van der Waals surface area contributed by atoms with Crippen LogP contribution in [-0.2, 0) is 0 Å². The number of rotatable bonds is 5. The molecule has 4 heterocycles. The number of ether oxygens (including phenoxy) is 1. The van der Waals surface area contributed by atoms with E-state index in [1.807, 2.05) is 12.1 Å². The molecule has 1 fully saturated rings. The van der Waals surface area contributed by atoms with Gasteiger partial charge >= 0.3 is 0 Å². The van der Waals surface area contributed by atoms with E-state index in [9.17, 15) is 9.90 Å². The van der Waals surface area contributed by atoms with Gasteiger partial charge in [-0.3, -0.25) is 9.36 Å². The molecule has 0 bridgehead atoms. The zero-order valence-electron chi connectivity index (χ0n) is 17.3. The first kappa shape index (κ1) is 20.2. The summed E-state index contributed by atoms with van der Waals surface area (Å²) in [5.41, 5.74) is 0.839. The SMILES string of the molecule is COc1ccc2cn(-c3nc(C(=O)Nc4ccnnc4N4CCNCC4)cs3)c(O)c2c1. The summed E-state index contributed by atoms with van der Waals surface area (Å²) in [6, 6.07) is 7.18. The maximum Gasteiger partial charge on any atom is 0.275 e. The van der Waals surface area contributed by atoms with Crippen molar-refractivity contribution in [3.05, 3.63) is 47.7 Å². The number of benzene rings is 1. The molecule has 1 aromatic carbocycles. The molecule has 11 heteroatoms. The van der Waals surface area contributed by atoms with E-state index in [1.165, 1.54) is 11.3 Å². The number of carbonyl (C=O) groups excluding carboxylic acids is 1. The van der Waals surface area contributed by atoms with Crippen LogP contribution in [0.1, 0.15) is 10.5 Å². The van der Waals surface area contributed by atoms with Gasteiger partial charge in [0.25, 0.3) is 5.91 Å². The standard InChI is InChI=1S/C21H21N7O3S/c1-31-14-3-2-13-11-28(20(30)15(13)10-14)21-25-17(12-32-21)19(29)24-16-4-5-23-26-18(16)27-8-6-22-7-9-27/h2-5,10-12,22,30H,6-9H2,1H3,(H,23,24,29). The van der Waals surface area contributed by atoms with Crippen LogP contribution in [0.3, 0.4) is 0 Å². The van der Waals surface area contributed by atoms with Gasteiger partial charge in [-0.05, 0) is 24.3 Å². The van der Waals surface area contributed by atoms with E-state index in [-0.39, 0.29) is 17.5 Å². The van der Waals surface area contributed by atoms with Crippen molar-refractivity contribution >= 4 is 39.5 Å². The Bertz CT molecular complexity index is 1280. The van der Waals surface area contributed by atoms with Crippen LogP contribution in [0.15, 0.2) is 42.0 Å². The van der Waals surface area contributed by atoms with E-state index in [4.69, 9.17) is 4.74 Å². The average Bonchev–Trinajstić information content (AvgIpc) is 3.45. The Morgan fingerprint density at radius 2 is 2.12 bits per heavy atom. The predicted octanol–water partition coefficient (Wildman–Crippen LogP) is 2.25. The van der Waals surface area contributed by atoms with E-state index in [2.05, 4.69) is 30.7 Å². The number of aromatic nitrogens is 4. The van der Waals surface area contributed by atoms with Crippen molar-refractivity contribution in [1.82, 2.24) is 25.1 Å². The van der Waals surface area contributed by atoms with E-state index in [0.29, 0.717) is 27.8 Å². The molecule has 10 nitrogen and oxygen atoms in total. The monoisotopic (exact) mass is 451 g/mol. The predicted molar refractivity (Wildman–Crippen MR) is 122 cm³/mol. The second kappa shape index (κ2) is 8.44. The third-order valence-electron chi connectivity index (χ3n) is 5.29. The quantitative estimate of drug-likeness (QED) is 0.423. The topological polar surface area (TPSA) is 117 Å². The normalized spacial score (nSPS) is 14.0. The van der Waals surface area contributed by atoms with E-state index >= 15 is 0 Å². The molecule has 3 N–H and O–H groups in total. The fourth-order valence-corrected chi connectivity index (χ4v) is 4.42. The largest absolute Gasteiger partial charge is 0.497 e. The molecule has 5 rings (SSSR count). The van der Waals surface area contributed by atoms with E-state index in [1.54, 1.807) is 41.6 Å². The third kappa shape index (κ3) is 3.72. The number of nitrogens with zero attached hydrogens (tertiary/aromatic N) is 5. The number of amides is 1. The van der Waals surface area contributed by atoms with Gasteiger partial charge in [0, 0.05) is 48.5 Å². The van der Waals surface area contributed by atoms with E-state index < -0.39 is 0 Å². The molecule has 0 unspecified atom stereocenters. The number of piperazine rings is 1. The highest BCUT2D eigenvalue weighted by Crippen LogP contribution is 2.33. The zero-order valence-corrected chi connectivity index (χ0v) is 18.1. The van der Waals surface area contributed by atoms with Crippen LogP contribution >= 0.6 is 11.3 Å². The summed E-state index contributed by atoms with van der Waals surface area (Å²) >= 11 is 1.27. The Kier molecular flexibility index (Phi) is 5.33. The van der Waals surface area contributed by atoms with Crippen molar-refractivity contribution in [1.29, 1.82) is 0 Å². The molecular formula is C21H21N7O3S. The number of carbonyl (C=O) groups is 1. The molecule has 0 radical (unpaired) electrons. The van der Waals surface area contributed by atoms with Gasteiger partial charge in [0.2, 0.25) is 5.88 Å². The summed E-state index contributed by atoms with van der Waals surface area (Å²) in [4.78, 5) is 19.4. The Labute approximate surface area is 187 Å². The van der Waals surface area contributed by atoms with Gasteiger partial charge in [-0.2, -0.15) is 5.10 Å². The molecule has 3 aromatic heterocycles. The van der Waals surface area contributed by atoms with Gasteiger partial charge in [0.05, 0.1) is 19.0 Å². The number of anilines is 2. The number of nitrogens with one attached hydrogen (secondary N) is 2. The lowest BCUT2D eigenvalue weighted by molar-refractivity contribution is 0.102. The first-order valence-electron chi connectivity index (χ1n) is 10.1. The molecule has 1 amide bonds. The van der Waals surface area contributed by atoms with Crippen molar-refractivity contribution in [3.63, 3.8) is 0 Å². The molecule has 4 aromatic rings. The minimum atomic E-state index is -0.352. The van der Waals surface area contributed by atoms with Gasteiger partial charge in [0.15, 0.2) is 10.9 Å². The van der Waals surface area contributed by atoms with Gasteiger partial charge in [-0.15, -0.1) is 16.4 Å². The summed E-state index contributed by atoms with van der Waals surface area (Å²) in [5, 5.41) is 28.7. The molecule has 1 aliphatic heterocycles. The van der Waals surface area contributed by atoms with Crippen LogP contribution in [0.5, 0.6) is 11.6 Å². The molecule has 0 atom stereocenters. The Morgan fingerprint density at radius 3 is 2.94 bits per heavy atom. The number of methoxy groups -OCH3 is 1. The highest BCUT2D eigenvalue weighted by molar-refractivity contribution is 7.12. The van der Waals surface area contributed by atoms with Crippen molar-refractivity contribution in [2.75, 3.05) is 43.5 Å². The number of aromatic hydroxyl groups is 1. The second-order valence-corrected chi connectivity index (χ2v) is 8.09. The minimum absolute atomic E-state index is 0.0412. The fourth-order valence-electron chi connectivity index (χ4n) is 3.64. The Morgan fingerprint density at radius 1 is 1.28 bits per heavy atom. The number of fused-ring (bicyclic) bond motifs is 1. The molecule has 1 saturated heterocycles. The zero-order chi connectivity index (χ0) is 22.1. The molecule has 32 heavy (non-hydrogen) atoms. The van der Waals surface area contributed by atoms with E-state index in [0.717, 1.165) is 31.6 Å². The van der Waals surface area contributed by atoms with Gasteiger partial charge in [-0.25, -0.2) is 4.98 Å². The smallest absolute Gasteiger partial charge is 0.275 e. The number of hydrogen-bond acceptors (Lipinski definition) is 9. The van der Waals surface area contributed by atoms with Crippen LogP contribution in [0, 0.1) is 0 Å². The maximum atomic E-state index is 12.9. The van der Waals surface area contributed by atoms with Crippen molar-refractivity contribution < 1.29 is 14.6 Å². The summed E-state index contributed by atoms with van der Waals surface area (Å²) < 4.78 is 6.80. The number of thiazole rings is 1. The summed E-state index contributed by atoms with van der Waals surface area (Å²) in [6.45, 7) is 3.27. The molecular weight excluding hydrogens is 430 g/mol. The Balaban J connectivity index is 1.39. The lowest BCUT2D eigenvalue weighted by Gasteiger charge is -2.29. The molecule has 0 aliphatic carbocycles. The molecule has 1 aliphatic rings. The highest BCUT2D eigenvalue weighted by atomic mass is 32.1. The minimum Gasteiger partial charge on any atom is -0.497 e. The van der Waals surface area contributed by atoms with Crippen molar-refractivity contribution in [2.45, 2.75) is 0 Å². The lowest BCUT2D eigenvalue weighted by atomic mass is 10.2. The van der Waals surface area contributed by atoms with Crippen LogP contribution in [-0.4, -0.2) is 64.1 Å². The second-order valence-electron chi connectivity index (χ2n) is 7.25.